The zero-order chi connectivity index (χ0) is 21.6. The van der Waals surface area contributed by atoms with Gasteiger partial charge in [-0.05, 0) is 47.7 Å². The van der Waals surface area contributed by atoms with Crippen molar-refractivity contribution in [1.82, 2.24) is 9.55 Å². The highest BCUT2D eigenvalue weighted by molar-refractivity contribution is 5.82. The van der Waals surface area contributed by atoms with E-state index in [0.717, 1.165) is 16.5 Å². The maximum atomic E-state index is 13.0. The predicted octanol–water partition coefficient (Wildman–Crippen LogP) is 3.89. The summed E-state index contributed by atoms with van der Waals surface area (Å²) in [6, 6.07) is 9.16. The molecule has 2 aromatic heterocycles. The molecule has 4 aromatic rings. The molecule has 0 spiro atoms. The SMILES string of the molecule is Cc1cc2oc(=O)cc(Cn3cnc4ccc([N+](=O)[O-])cc4c3=O)c2cc1C(C)C. The molecule has 0 aliphatic heterocycles. The van der Waals surface area contributed by atoms with E-state index in [1.165, 1.54) is 35.2 Å². The Kier molecular flexibility index (Phi) is 4.69. The Labute approximate surface area is 170 Å². The molecule has 0 atom stereocenters. The Bertz CT molecular complexity index is 1430. The number of aromatic nitrogens is 2. The van der Waals surface area contributed by atoms with E-state index in [0.29, 0.717) is 16.7 Å². The van der Waals surface area contributed by atoms with Crippen molar-refractivity contribution in [2.24, 2.45) is 0 Å². The lowest BCUT2D eigenvalue weighted by molar-refractivity contribution is -0.384. The van der Waals surface area contributed by atoms with Gasteiger partial charge in [0, 0.05) is 23.6 Å². The first kappa shape index (κ1) is 19.5. The number of hydrogen-bond acceptors (Lipinski definition) is 6. The first-order valence-corrected chi connectivity index (χ1v) is 9.45. The molecule has 0 N–H and O–H groups in total. The number of nitro groups is 1. The van der Waals surface area contributed by atoms with Crippen LogP contribution in [-0.2, 0) is 6.54 Å². The van der Waals surface area contributed by atoms with Crippen LogP contribution in [-0.4, -0.2) is 14.5 Å². The predicted molar refractivity (Wildman–Crippen MR) is 113 cm³/mol. The highest BCUT2D eigenvalue weighted by Gasteiger charge is 2.14. The van der Waals surface area contributed by atoms with Crippen molar-refractivity contribution < 1.29 is 9.34 Å². The molecule has 0 radical (unpaired) electrons. The second-order valence-electron chi connectivity index (χ2n) is 7.59. The average molecular weight is 405 g/mol. The van der Waals surface area contributed by atoms with Gasteiger partial charge in [0.2, 0.25) is 0 Å². The van der Waals surface area contributed by atoms with Crippen LogP contribution in [0.3, 0.4) is 0 Å². The van der Waals surface area contributed by atoms with Crippen LogP contribution in [0.25, 0.3) is 21.9 Å². The van der Waals surface area contributed by atoms with Crippen molar-refractivity contribution in [3.8, 4) is 0 Å². The van der Waals surface area contributed by atoms with Crippen LogP contribution >= 0.6 is 0 Å². The standard InChI is InChI=1S/C22H19N3O5/c1-12(2)16-9-17-14(7-21(26)30-20(17)6-13(16)3)10-24-11-23-19-5-4-15(25(28)29)8-18(19)22(24)27/h4-9,11-12H,10H2,1-3H3. The van der Waals surface area contributed by atoms with Crippen LogP contribution in [0.5, 0.6) is 0 Å². The number of hydrogen-bond donors (Lipinski definition) is 0. The van der Waals surface area contributed by atoms with E-state index in [4.69, 9.17) is 4.42 Å². The van der Waals surface area contributed by atoms with Gasteiger partial charge < -0.3 is 4.42 Å². The molecule has 0 fully saturated rings. The molecule has 0 amide bonds. The van der Waals surface area contributed by atoms with Crippen LogP contribution in [0.15, 0.2) is 56.7 Å². The van der Waals surface area contributed by atoms with Crippen molar-refractivity contribution in [2.45, 2.75) is 33.2 Å². The van der Waals surface area contributed by atoms with E-state index in [1.807, 2.05) is 19.1 Å². The molecule has 4 rings (SSSR count). The van der Waals surface area contributed by atoms with E-state index in [1.54, 1.807) is 0 Å². The quantitative estimate of drug-likeness (QED) is 0.289. The fourth-order valence-corrected chi connectivity index (χ4v) is 3.70. The average Bonchev–Trinajstić information content (AvgIpc) is 2.69. The summed E-state index contributed by atoms with van der Waals surface area (Å²) in [5.74, 6) is 0.278. The third-order valence-corrected chi connectivity index (χ3v) is 5.20. The van der Waals surface area contributed by atoms with Gasteiger partial charge in [0.05, 0.1) is 28.7 Å². The van der Waals surface area contributed by atoms with Gasteiger partial charge in [-0.3, -0.25) is 19.5 Å². The van der Waals surface area contributed by atoms with Crippen LogP contribution in [0, 0.1) is 17.0 Å². The van der Waals surface area contributed by atoms with E-state index in [2.05, 4.69) is 18.8 Å². The van der Waals surface area contributed by atoms with E-state index in [-0.39, 0.29) is 23.5 Å². The summed E-state index contributed by atoms with van der Waals surface area (Å²) < 4.78 is 6.71. The lowest BCUT2D eigenvalue weighted by Crippen LogP contribution is -2.22. The molecule has 0 aliphatic carbocycles. The first-order valence-electron chi connectivity index (χ1n) is 9.45. The Morgan fingerprint density at radius 1 is 1.13 bits per heavy atom. The Balaban J connectivity index is 1.90. The zero-order valence-corrected chi connectivity index (χ0v) is 16.7. The molecule has 152 valence electrons. The van der Waals surface area contributed by atoms with Crippen molar-refractivity contribution >= 4 is 27.6 Å². The minimum Gasteiger partial charge on any atom is -0.423 e. The number of benzene rings is 2. The molecule has 0 saturated heterocycles. The zero-order valence-electron chi connectivity index (χ0n) is 16.7. The largest absolute Gasteiger partial charge is 0.423 e. The maximum Gasteiger partial charge on any atom is 0.336 e. The molecule has 0 unspecified atom stereocenters. The highest BCUT2D eigenvalue weighted by Crippen LogP contribution is 2.27. The van der Waals surface area contributed by atoms with E-state index < -0.39 is 16.1 Å². The third-order valence-electron chi connectivity index (χ3n) is 5.20. The van der Waals surface area contributed by atoms with Crippen molar-refractivity contribution in [1.29, 1.82) is 0 Å². The molecule has 8 nitrogen and oxygen atoms in total. The third kappa shape index (κ3) is 3.36. The van der Waals surface area contributed by atoms with Crippen molar-refractivity contribution in [3.05, 3.63) is 90.3 Å². The number of nitrogens with zero attached hydrogens (tertiary/aromatic N) is 3. The van der Waals surface area contributed by atoms with Gasteiger partial charge in [0.15, 0.2) is 0 Å². The Morgan fingerprint density at radius 2 is 1.90 bits per heavy atom. The van der Waals surface area contributed by atoms with Crippen LogP contribution in [0.1, 0.15) is 36.5 Å². The Morgan fingerprint density at radius 3 is 2.60 bits per heavy atom. The molecule has 30 heavy (non-hydrogen) atoms. The monoisotopic (exact) mass is 405 g/mol. The summed E-state index contributed by atoms with van der Waals surface area (Å²) in [4.78, 5) is 39.8. The summed E-state index contributed by atoms with van der Waals surface area (Å²) in [7, 11) is 0. The van der Waals surface area contributed by atoms with Crippen molar-refractivity contribution in [2.75, 3.05) is 0 Å². The lowest BCUT2D eigenvalue weighted by atomic mass is 9.95. The normalized spacial score (nSPS) is 11.5. The van der Waals surface area contributed by atoms with Gasteiger partial charge in [0.1, 0.15) is 5.58 Å². The van der Waals surface area contributed by atoms with Gasteiger partial charge in [-0.2, -0.15) is 0 Å². The number of fused-ring (bicyclic) bond motifs is 2. The van der Waals surface area contributed by atoms with Gasteiger partial charge in [-0.15, -0.1) is 0 Å². The maximum absolute atomic E-state index is 13.0. The number of nitro benzene ring substituents is 1. The molecular weight excluding hydrogens is 386 g/mol. The topological polar surface area (TPSA) is 108 Å². The Hall–Kier alpha value is -3.81. The van der Waals surface area contributed by atoms with E-state index in [9.17, 15) is 19.7 Å². The second-order valence-corrected chi connectivity index (χ2v) is 7.59. The van der Waals surface area contributed by atoms with Crippen molar-refractivity contribution in [3.63, 3.8) is 0 Å². The summed E-state index contributed by atoms with van der Waals surface area (Å²) in [6.07, 6.45) is 1.38. The van der Waals surface area contributed by atoms with Gasteiger partial charge in [0.25, 0.3) is 11.2 Å². The number of non-ortho nitro benzene ring substituents is 1. The van der Waals surface area contributed by atoms with Crippen LogP contribution in [0.2, 0.25) is 0 Å². The number of aryl methyl sites for hydroxylation is 1. The van der Waals surface area contributed by atoms with Crippen LogP contribution in [0.4, 0.5) is 5.69 Å². The molecule has 8 heteroatoms. The van der Waals surface area contributed by atoms with Gasteiger partial charge in [-0.1, -0.05) is 13.8 Å². The van der Waals surface area contributed by atoms with E-state index >= 15 is 0 Å². The number of rotatable bonds is 4. The minimum atomic E-state index is -0.554. The summed E-state index contributed by atoms with van der Waals surface area (Å²) in [5.41, 5.74) is 2.49. The minimum absolute atomic E-state index is 0.0904. The second kappa shape index (κ2) is 7.22. The summed E-state index contributed by atoms with van der Waals surface area (Å²) in [5, 5.41) is 12.0. The smallest absolute Gasteiger partial charge is 0.336 e. The summed E-state index contributed by atoms with van der Waals surface area (Å²) in [6.45, 7) is 6.22. The molecule has 2 heterocycles. The lowest BCUT2D eigenvalue weighted by Gasteiger charge is -2.14. The highest BCUT2D eigenvalue weighted by atomic mass is 16.6. The molecule has 0 bridgehead atoms. The fraction of sp³-hybridized carbons (Fsp3) is 0.227. The molecule has 0 saturated carbocycles. The molecule has 0 aliphatic rings. The van der Waals surface area contributed by atoms with Gasteiger partial charge >= 0.3 is 5.63 Å². The first-order chi connectivity index (χ1) is 14.2. The molecular formula is C22H19N3O5. The summed E-state index contributed by atoms with van der Waals surface area (Å²) >= 11 is 0. The molecule has 2 aromatic carbocycles. The van der Waals surface area contributed by atoms with Gasteiger partial charge in [-0.25, -0.2) is 9.78 Å². The fourth-order valence-electron chi connectivity index (χ4n) is 3.70. The van der Waals surface area contributed by atoms with Crippen LogP contribution < -0.4 is 11.2 Å².